The molecule has 4 N–H and O–H groups in total. The van der Waals surface area contributed by atoms with E-state index < -0.39 is 11.4 Å². The molecule has 4 nitrogen and oxygen atoms in total. The number of carbonyl (C=O) groups is 1. The molecule has 22 heavy (non-hydrogen) atoms. The SMILES string of the molecule is N=C(N)c1ccc2cc(C3(C(=O)O)CCCCC3)ccc2c1. The van der Waals surface area contributed by atoms with Gasteiger partial charge in [-0.15, -0.1) is 0 Å². The lowest BCUT2D eigenvalue weighted by Gasteiger charge is -2.33. The van der Waals surface area contributed by atoms with Gasteiger partial charge < -0.3 is 10.8 Å². The Bertz CT molecular complexity index is 746. The summed E-state index contributed by atoms with van der Waals surface area (Å²) in [5.74, 6) is -0.674. The molecule has 3 rings (SSSR count). The maximum atomic E-state index is 11.9. The minimum Gasteiger partial charge on any atom is -0.481 e. The van der Waals surface area contributed by atoms with Crippen molar-refractivity contribution in [2.24, 2.45) is 5.73 Å². The van der Waals surface area contributed by atoms with Crippen molar-refractivity contribution in [3.63, 3.8) is 0 Å². The van der Waals surface area contributed by atoms with E-state index in [1.807, 2.05) is 36.4 Å². The third kappa shape index (κ3) is 2.34. The van der Waals surface area contributed by atoms with E-state index >= 15 is 0 Å². The van der Waals surface area contributed by atoms with Crippen molar-refractivity contribution in [1.82, 2.24) is 0 Å². The third-order valence-corrected chi connectivity index (χ3v) is 4.82. The highest BCUT2D eigenvalue weighted by Crippen LogP contribution is 2.40. The molecule has 4 heteroatoms. The van der Waals surface area contributed by atoms with E-state index in [4.69, 9.17) is 11.1 Å². The lowest BCUT2D eigenvalue weighted by Crippen LogP contribution is -2.37. The van der Waals surface area contributed by atoms with Gasteiger partial charge in [-0.25, -0.2) is 0 Å². The normalized spacial score (nSPS) is 17.3. The summed E-state index contributed by atoms with van der Waals surface area (Å²) >= 11 is 0. The predicted molar refractivity (Wildman–Crippen MR) is 87.4 cm³/mol. The van der Waals surface area contributed by atoms with Gasteiger partial charge >= 0.3 is 5.97 Å². The van der Waals surface area contributed by atoms with Crippen LogP contribution in [0.4, 0.5) is 0 Å². The molecular formula is C18H20N2O2. The maximum Gasteiger partial charge on any atom is 0.314 e. The van der Waals surface area contributed by atoms with Gasteiger partial charge in [-0.05, 0) is 35.2 Å². The molecule has 0 atom stereocenters. The van der Waals surface area contributed by atoms with Crippen LogP contribution in [0.5, 0.6) is 0 Å². The third-order valence-electron chi connectivity index (χ3n) is 4.82. The quantitative estimate of drug-likeness (QED) is 0.599. The fourth-order valence-electron chi connectivity index (χ4n) is 3.49. The molecule has 0 bridgehead atoms. The highest BCUT2D eigenvalue weighted by molar-refractivity contribution is 5.99. The van der Waals surface area contributed by atoms with Gasteiger partial charge in [-0.1, -0.05) is 49.6 Å². The standard InChI is InChI=1S/C18H20N2O2/c19-16(20)14-5-4-13-11-15(7-6-12(13)10-14)18(17(21)22)8-2-1-3-9-18/h4-7,10-11H,1-3,8-9H2,(H3,19,20)(H,21,22). The van der Waals surface area contributed by atoms with Crippen LogP contribution in [-0.2, 0) is 10.2 Å². The van der Waals surface area contributed by atoms with Crippen molar-refractivity contribution in [1.29, 1.82) is 5.41 Å². The van der Waals surface area contributed by atoms with E-state index in [0.717, 1.165) is 35.6 Å². The first-order valence-electron chi connectivity index (χ1n) is 7.65. The number of carboxylic acids is 1. The molecule has 2 aromatic rings. The average molecular weight is 296 g/mol. The van der Waals surface area contributed by atoms with Crippen molar-refractivity contribution < 1.29 is 9.90 Å². The largest absolute Gasteiger partial charge is 0.481 e. The summed E-state index contributed by atoms with van der Waals surface area (Å²) in [6.45, 7) is 0. The molecule has 1 aliphatic rings. The zero-order chi connectivity index (χ0) is 15.7. The first-order valence-corrected chi connectivity index (χ1v) is 7.65. The number of amidine groups is 1. The summed E-state index contributed by atoms with van der Waals surface area (Å²) in [6, 6.07) is 11.4. The van der Waals surface area contributed by atoms with Crippen LogP contribution in [0.2, 0.25) is 0 Å². The number of carboxylic acid groups (broad SMARTS) is 1. The van der Waals surface area contributed by atoms with E-state index in [-0.39, 0.29) is 5.84 Å². The first kappa shape index (κ1) is 14.6. The van der Waals surface area contributed by atoms with Gasteiger partial charge in [0.1, 0.15) is 5.84 Å². The van der Waals surface area contributed by atoms with Crippen molar-refractivity contribution in [3.8, 4) is 0 Å². The Kier molecular flexibility index (Phi) is 3.61. The van der Waals surface area contributed by atoms with Gasteiger partial charge in [0.2, 0.25) is 0 Å². The van der Waals surface area contributed by atoms with Crippen molar-refractivity contribution in [2.75, 3.05) is 0 Å². The van der Waals surface area contributed by atoms with E-state index in [9.17, 15) is 9.90 Å². The second-order valence-corrected chi connectivity index (χ2v) is 6.14. The summed E-state index contributed by atoms with van der Waals surface area (Å²) in [6.07, 6.45) is 4.46. The van der Waals surface area contributed by atoms with Gasteiger partial charge in [-0.2, -0.15) is 0 Å². The van der Waals surface area contributed by atoms with Crippen molar-refractivity contribution in [2.45, 2.75) is 37.5 Å². The number of aliphatic carboxylic acids is 1. The Balaban J connectivity index is 2.09. The minimum absolute atomic E-state index is 0.0419. The fraction of sp³-hybridized carbons (Fsp3) is 0.333. The monoisotopic (exact) mass is 296 g/mol. The molecule has 1 saturated carbocycles. The molecule has 0 heterocycles. The first-order chi connectivity index (χ1) is 10.5. The minimum atomic E-state index is -0.744. The van der Waals surface area contributed by atoms with Crippen LogP contribution in [0.15, 0.2) is 36.4 Å². The molecule has 1 fully saturated rings. The average Bonchev–Trinajstić information content (AvgIpc) is 2.54. The van der Waals surface area contributed by atoms with Crippen LogP contribution in [0.3, 0.4) is 0 Å². The number of hydrogen-bond acceptors (Lipinski definition) is 2. The van der Waals surface area contributed by atoms with Crippen molar-refractivity contribution in [3.05, 3.63) is 47.5 Å². The number of nitrogens with two attached hydrogens (primary N) is 1. The molecule has 0 saturated heterocycles. The number of rotatable bonds is 3. The number of benzene rings is 2. The van der Waals surface area contributed by atoms with Crippen LogP contribution in [0, 0.1) is 5.41 Å². The van der Waals surface area contributed by atoms with Crippen molar-refractivity contribution >= 4 is 22.6 Å². The Hall–Kier alpha value is -2.36. The summed E-state index contributed by atoms with van der Waals surface area (Å²) in [4.78, 5) is 11.9. The lowest BCUT2D eigenvalue weighted by atomic mass is 9.69. The molecule has 0 spiro atoms. The number of nitrogen functional groups attached to an aromatic ring is 1. The van der Waals surface area contributed by atoms with E-state index in [2.05, 4.69) is 0 Å². The van der Waals surface area contributed by atoms with E-state index in [1.165, 1.54) is 0 Å². The summed E-state index contributed by atoms with van der Waals surface area (Å²) < 4.78 is 0. The Morgan fingerprint density at radius 3 is 2.32 bits per heavy atom. The molecule has 1 aliphatic carbocycles. The lowest BCUT2D eigenvalue weighted by molar-refractivity contribution is -0.145. The fourth-order valence-corrected chi connectivity index (χ4v) is 3.49. The zero-order valence-corrected chi connectivity index (χ0v) is 12.4. The molecular weight excluding hydrogens is 276 g/mol. The molecule has 0 aromatic heterocycles. The Morgan fingerprint density at radius 1 is 1.05 bits per heavy atom. The molecule has 0 radical (unpaired) electrons. The summed E-state index contributed by atoms with van der Waals surface area (Å²) in [5.41, 5.74) is 6.35. The van der Waals surface area contributed by atoms with Crippen LogP contribution in [-0.4, -0.2) is 16.9 Å². The number of nitrogens with one attached hydrogen (secondary N) is 1. The van der Waals surface area contributed by atoms with Crippen LogP contribution in [0.25, 0.3) is 10.8 Å². The summed E-state index contributed by atoms with van der Waals surface area (Å²) in [7, 11) is 0. The molecule has 0 amide bonds. The molecule has 2 aromatic carbocycles. The smallest absolute Gasteiger partial charge is 0.314 e. The van der Waals surface area contributed by atoms with Gasteiger partial charge in [0.25, 0.3) is 0 Å². The highest BCUT2D eigenvalue weighted by Gasteiger charge is 2.41. The second-order valence-electron chi connectivity index (χ2n) is 6.14. The van der Waals surface area contributed by atoms with Gasteiger partial charge in [0.05, 0.1) is 5.41 Å². The Morgan fingerprint density at radius 2 is 1.68 bits per heavy atom. The highest BCUT2D eigenvalue weighted by atomic mass is 16.4. The Labute approximate surface area is 129 Å². The van der Waals surface area contributed by atoms with Crippen LogP contribution >= 0.6 is 0 Å². The molecule has 114 valence electrons. The second kappa shape index (κ2) is 5.44. The van der Waals surface area contributed by atoms with Gasteiger partial charge in [-0.3, -0.25) is 10.2 Å². The van der Waals surface area contributed by atoms with Crippen LogP contribution < -0.4 is 5.73 Å². The van der Waals surface area contributed by atoms with E-state index in [0.29, 0.717) is 18.4 Å². The number of hydrogen-bond donors (Lipinski definition) is 3. The molecule has 0 aliphatic heterocycles. The molecule has 0 unspecified atom stereocenters. The van der Waals surface area contributed by atoms with Gasteiger partial charge in [0.15, 0.2) is 0 Å². The maximum absolute atomic E-state index is 11.9. The summed E-state index contributed by atoms with van der Waals surface area (Å²) in [5, 5.41) is 19.3. The zero-order valence-electron chi connectivity index (χ0n) is 12.4. The van der Waals surface area contributed by atoms with Gasteiger partial charge in [0, 0.05) is 5.56 Å². The van der Waals surface area contributed by atoms with Crippen LogP contribution in [0.1, 0.15) is 43.2 Å². The topological polar surface area (TPSA) is 87.2 Å². The van der Waals surface area contributed by atoms with E-state index in [1.54, 1.807) is 0 Å². The predicted octanol–water partition coefficient (Wildman–Crippen LogP) is 3.41. The number of fused-ring (bicyclic) bond motifs is 1.